The van der Waals surface area contributed by atoms with Crippen LogP contribution in [0.3, 0.4) is 0 Å². The van der Waals surface area contributed by atoms with Crippen molar-refractivity contribution in [3.63, 3.8) is 0 Å². The molecule has 48 heavy (non-hydrogen) atoms. The molecule has 0 radical (unpaired) electrons. The van der Waals surface area contributed by atoms with Gasteiger partial charge in [-0.1, -0.05) is 0 Å². The predicted octanol–water partition coefficient (Wildman–Crippen LogP) is 5.74. The Labute approximate surface area is 285 Å². The quantitative estimate of drug-likeness (QED) is 0.225. The standard InChI is InChI=1S/C45H37BNSi/c1-45(2)37-21-9-13-25-41(37)47(42-26-14-10-22-38(42)45)34-31-29-33(30-32-34)46-39-23-11-15-27-43(39)48(35-17-5-3-6-18-35,36-19-7-4-8-20-36)44-28-16-12-24-40(44)46/h3-32,48H,1-2H3/q-1. The normalized spacial score (nSPS) is 15.8. The van der Waals surface area contributed by atoms with Crippen molar-refractivity contribution >= 4 is 69.0 Å². The van der Waals surface area contributed by atoms with Crippen LogP contribution in [0.5, 0.6) is 0 Å². The van der Waals surface area contributed by atoms with Gasteiger partial charge in [0.25, 0.3) is 0 Å². The number of fused-ring (bicyclic) bond motifs is 4. The van der Waals surface area contributed by atoms with Gasteiger partial charge in [0, 0.05) is 0 Å². The van der Waals surface area contributed by atoms with E-state index in [0.29, 0.717) is 0 Å². The summed E-state index contributed by atoms with van der Waals surface area (Å²) in [6.45, 7) is 4.84. The second kappa shape index (κ2) is 11.1. The maximum atomic E-state index is 2.45. The van der Waals surface area contributed by atoms with Crippen molar-refractivity contribution in [2.24, 2.45) is 0 Å². The Morgan fingerprint density at radius 2 is 0.854 bits per heavy atom. The molecule has 0 unspecified atom stereocenters. The summed E-state index contributed by atoms with van der Waals surface area (Å²) in [6.07, 6.45) is 0. The van der Waals surface area contributed by atoms with Crippen LogP contribution in [-0.2, 0) is 5.41 Å². The molecule has 7 aromatic carbocycles. The zero-order valence-electron chi connectivity index (χ0n) is 27.4. The van der Waals surface area contributed by atoms with E-state index in [9.17, 15) is 0 Å². The fourth-order valence-electron chi connectivity index (χ4n) is 9.19. The Morgan fingerprint density at radius 1 is 0.438 bits per heavy atom. The van der Waals surface area contributed by atoms with E-state index in [4.69, 9.17) is 0 Å². The molecule has 2 aliphatic heterocycles. The van der Waals surface area contributed by atoms with E-state index in [1.54, 1.807) is 0 Å². The summed E-state index contributed by atoms with van der Waals surface area (Å²) in [5.74, 6) is 0. The summed E-state index contributed by atoms with van der Waals surface area (Å²) >= 11 is 0. The fraction of sp³-hybridized carbons (Fsp3) is 0.0667. The van der Waals surface area contributed by atoms with Crippen molar-refractivity contribution in [1.82, 2.24) is 0 Å². The minimum absolute atomic E-state index is 0.0756. The van der Waals surface area contributed by atoms with Crippen LogP contribution >= 0.6 is 0 Å². The molecule has 0 saturated carbocycles. The van der Waals surface area contributed by atoms with Gasteiger partial charge in [-0.15, -0.1) is 0 Å². The number of para-hydroxylation sites is 2. The zero-order valence-corrected chi connectivity index (χ0v) is 28.6. The molecule has 0 spiro atoms. The molecule has 0 N–H and O–H groups in total. The van der Waals surface area contributed by atoms with Gasteiger partial charge < -0.3 is 0 Å². The van der Waals surface area contributed by atoms with E-state index < -0.39 is 8.07 Å². The average molecular weight is 631 g/mol. The number of hydrogen-bond acceptors (Lipinski definition) is 1. The molecule has 0 saturated heterocycles. The Balaban J connectivity index is 1.23. The van der Waals surface area contributed by atoms with Crippen LogP contribution in [0, 0.1) is 0 Å². The topological polar surface area (TPSA) is 3.24 Å². The van der Waals surface area contributed by atoms with Gasteiger partial charge >= 0.3 is 286 Å². The summed E-state index contributed by atoms with van der Waals surface area (Å²) in [4.78, 5) is 2.45. The summed E-state index contributed by atoms with van der Waals surface area (Å²) in [5.41, 5.74) is 10.5. The first-order chi connectivity index (χ1) is 23.6. The van der Waals surface area contributed by atoms with Crippen molar-refractivity contribution in [3.05, 3.63) is 193 Å². The van der Waals surface area contributed by atoms with Gasteiger partial charge in [0.05, 0.1) is 0 Å². The summed E-state index contributed by atoms with van der Waals surface area (Å²) in [6, 6.07) is 68.5. The van der Waals surface area contributed by atoms with Gasteiger partial charge in [-0.2, -0.15) is 0 Å². The SMILES string of the molecule is CC1(C)c2ccccc2N(c2ccc(B3c4ccccc4[SiH-](c4ccccc4)(c4ccccc4)c4ccccc43)cc2)c2ccccc21. The maximum absolute atomic E-state index is 3.02. The summed E-state index contributed by atoms with van der Waals surface area (Å²) in [7, 11) is -3.02. The van der Waals surface area contributed by atoms with Gasteiger partial charge in [-0.3, -0.25) is 0 Å². The molecular weight excluding hydrogens is 593 g/mol. The first-order valence-electron chi connectivity index (χ1n) is 17.1. The molecule has 2 aliphatic rings. The summed E-state index contributed by atoms with van der Waals surface area (Å²) in [5, 5.41) is 5.93. The van der Waals surface area contributed by atoms with E-state index in [1.165, 1.54) is 65.3 Å². The van der Waals surface area contributed by atoms with E-state index in [1.807, 2.05) is 0 Å². The zero-order chi connectivity index (χ0) is 32.3. The molecule has 0 aliphatic carbocycles. The van der Waals surface area contributed by atoms with Crippen molar-refractivity contribution < 1.29 is 0 Å². The molecular formula is C45H37BNSi-. The van der Waals surface area contributed by atoms with Gasteiger partial charge in [-0.25, -0.2) is 0 Å². The molecule has 9 rings (SSSR count). The van der Waals surface area contributed by atoms with Gasteiger partial charge in [0.15, 0.2) is 0 Å². The van der Waals surface area contributed by atoms with Crippen LogP contribution in [0.25, 0.3) is 0 Å². The van der Waals surface area contributed by atoms with Crippen LogP contribution in [-0.4, -0.2) is 14.8 Å². The molecule has 2 heterocycles. The molecule has 7 aromatic rings. The van der Waals surface area contributed by atoms with Crippen molar-refractivity contribution in [2.45, 2.75) is 19.3 Å². The molecule has 230 valence electrons. The predicted molar refractivity (Wildman–Crippen MR) is 209 cm³/mol. The third kappa shape index (κ3) is 4.11. The molecule has 0 atom stereocenters. The Bertz CT molecular complexity index is 2140. The molecule has 3 heteroatoms. The van der Waals surface area contributed by atoms with Crippen LogP contribution in [0.1, 0.15) is 25.0 Å². The monoisotopic (exact) mass is 630 g/mol. The fourth-order valence-corrected chi connectivity index (χ4v) is 15.3. The third-order valence-electron chi connectivity index (χ3n) is 11.3. The van der Waals surface area contributed by atoms with Crippen LogP contribution in [0.4, 0.5) is 17.1 Å². The van der Waals surface area contributed by atoms with Crippen molar-refractivity contribution in [1.29, 1.82) is 0 Å². The molecule has 0 amide bonds. The van der Waals surface area contributed by atoms with Gasteiger partial charge in [0.2, 0.25) is 0 Å². The minimum atomic E-state index is -3.02. The molecule has 0 bridgehead atoms. The molecule has 1 nitrogen and oxygen atoms in total. The Hall–Kier alpha value is -5.38. The number of anilines is 3. The number of nitrogens with zero attached hydrogens (tertiary/aromatic N) is 1. The first-order valence-corrected chi connectivity index (χ1v) is 19.5. The number of hydrogen-bond donors (Lipinski definition) is 0. The number of benzene rings is 7. The number of rotatable bonds is 4. The van der Waals surface area contributed by atoms with Crippen LogP contribution in [0.2, 0.25) is 0 Å². The Morgan fingerprint density at radius 3 is 1.35 bits per heavy atom. The van der Waals surface area contributed by atoms with Crippen LogP contribution in [0.15, 0.2) is 182 Å². The average Bonchev–Trinajstić information content (AvgIpc) is 3.15. The first kappa shape index (κ1) is 28.8. The summed E-state index contributed by atoms with van der Waals surface area (Å²) < 4.78 is 0. The van der Waals surface area contributed by atoms with E-state index in [0.717, 1.165) is 0 Å². The second-order valence-electron chi connectivity index (χ2n) is 14.0. The molecule has 0 aromatic heterocycles. The third-order valence-corrected chi connectivity index (χ3v) is 17.0. The van der Waals surface area contributed by atoms with Gasteiger partial charge in [-0.05, 0) is 0 Å². The van der Waals surface area contributed by atoms with E-state index >= 15 is 0 Å². The van der Waals surface area contributed by atoms with E-state index in [-0.39, 0.29) is 12.1 Å². The second-order valence-corrected chi connectivity index (χ2v) is 18.3. The van der Waals surface area contributed by atoms with Gasteiger partial charge in [0.1, 0.15) is 0 Å². The van der Waals surface area contributed by atoms with Crippen molar-refractivity contribution in [3.8, 4) is 0 Å². The van der Waals surface area contributed by atoms with E-state index in [2.05, 4.69) is 201 Å². The van der Waals surface area contributed by atoms with Crippen molar-refractivity contribution in [2.75, 3.05) is 4.90 Å². The van der Waals surface area contributed by atoms with Crippen LogP contribution < -0.4 is 42.0 Å². The molecule has 0 fully saturated rings. The Kier molecular flexibility index (Phi) is 6.67.